The van der Waals surface area contributed by atoms with Gasteiger partial charge in [-0.2, -0.15) is 0 Å². The van der Waals surface area contributed by atoms with Crippen LogP contribution in [-0.4, -0.2) is 23.3 Å². The minimum atomic E-state index is 0.184. The summed E-state index contributed by atoms with van der Waals surface area (Å²) in [5, 5.41) is 4.76. The van der Waals surface area contributed by atoms with E-state index in [-0.39, 0.29) is 18.3 Å². The number of nitrogens with zero attached hydrogens (tertiary/aromatic N) is 3. The first-order chi connectivity index (χ1) is 10.1. The molecule has 6 nitrogen and oxygen atoms in total. The van der Waals surface area contributed by atoms with E-state index in [1.807, 2.05) is 0 Å². The first-order valence-corrected chi connectivity index (χ1v) is 6.61. The highest BCUT2D eigenvalue weighted by Gasteiger charge is 2.10. The lowest BCUT2D eigenvalue weighted by molar-refractivity contribution is 0.215. The summed E-state index contributed by atoms with van der Waals surface area (Å²) in [5.74, 6) is 0.511. The van der Waals surface area contributed by atoms with E-state index in [0.29, 0.717) is 15.6 Å². The average molecular weight is 327 g/mol. The molecule has 0 aliphatic carbocycles. The van der Waals surface area contributed by atoms with Crippen molar-refractivity contribution in [2.75, 3.05) is 12.8 Å². The lowest BCUT2D eigenvalue weighted by Crippen LogP contribution is -2.05. The molecule has 0 saturated carbocycles. The second-order valence-electron chi connectivity index (χ2n) is 3.92. The van der Waals surface area contributed by atoms with Gasteiger partial charge in [-0.3, -0.25) is 0 Å². The highest BCUT2D eigenvalue weighted by Crippen LogP contribution is 2.23. The number of ether oxygens (including phenoxy) is 1. The molecule has 0 radical (unpaired) electrons. The van der Waals surface area contributed by atoms with Gasteiger partial charge >= 0.3 is 0 Å². The first-order valence-electron chi connectivity index (χ1n) is 5.85. The highest BCUT2D eigenvalue weighted by molar-refractivity contribution is 6.33. The number of nitrogens with two attached hydrogens (primary N) is 1. The second-order valence-corrected chi connectivity index (χ2v) is 4.76. The van der Waals surface area contributed by atoms with Crippen LogP contribution in [0.1, 0.15) is 11.1 Å². The van der Waals surface area contributed by atoms with E-state index in [2.05, 4.69) is 20.0 Å². The maximum atomic E-state index is 6.07. The van der Waals surface area contributed by atoms with Crippen LogP contribution >= 0.6 is 23.2 Å². The molecular formula is C13H12Cl2N4O2. The van der Waals surface area contributed by atoms with Gasteiger partial charge in [0.1, 0.15) is 31.4 Å². The van der Waals surface area contributed by atoms with Crippen molar-refractivity contribution >= 4 is 35.2 Å². The minimum absolute atomic E-state index is 0.184. The van der Waals surface area contributed by atoms with Gasteiger partial charge < -0.3 is 15.3 Å². The molecule has 2 aromatic rings. The SMILES string of the molecule is CON=Cc1c(N)ncnc1OCc1cc(Cl)ccc1Cl. The molecule has 1 aromatic heterocycles. The van der Waals surface area contributed by atoms with Crippen molar-refractivity contribution in [1.29, 1.82) is 0 Å². The largest absolute Gasteiger partial charge is 0.472 e. The predicted molar refractivity (Wildman–Crippen MR) is 81.8 cm³/mol. The van der Waals surface area contributed by atoms with Crippen molar-refractivity contribution in [3.8, 4) is 5.88 Å². The summed E-state index contributed by atoms with van der Waals surface area (Å²) in [5.41, 5.74) is 6.92. The fourth-order valence-corrected chi connectivity index (χ4v) is 1.90. The van der Waals surface area contributed by atoms with Crippen LogP contribution in [0.4, 0.5) is 5.82 Å². The normalized spacial score (nSPS) is 10.8. The van der Waals surface area contributed by atoms with Crippen molar-refractivity contribution in [2.45, 2.75) is 6.61 Å². The van der Waals surface area contributed by atoms with E-state index >= 15 is 0 Å². The zero-order chi connectivity index (χ0) is 15.2. The summed E-state index contributed by atoms with van der Waals surface area (Å²) < 4.78 is 5.62. The Kier molecular flexibility index (Phi) is 5.19. The Bertz CT molecular complexity index is 665. The van der Waals surface area contributed by atoms with Crippen LogP contribution in [0.5, 0.6) is 5.88 Å². The average Bonchev–Trinajstić information content (AvgIpc) is 2.47. The van der Waals surface area contributed by atoms with Crippen LogP contribution in [0.25, 0.3) is 0 Å². The van der Waals surface area contributed by atoms with Crippen LogP contribution in [0.15, 0.2) is 29.7 Å². The zero-order valence-electron chi connectivity index (χ0n) is 11.1. The minimum Gasteiger partial charge on any atom is -0.472 e. The van der Waals surface area contributed by atoms with Crippen molar-refractivity contribution in [1.82, 2.24) is 9.97 Å². The monoisotopic (exact) mass is 326 g/mol. The number of rotatable bonds is 5. The van der Waals surface area contributed by atoms with Crippen LogP contribution in [0.2, 0.25) is 10.0 Å². The van der Waals surface area contributed by atoms with Crippen molar-refractivity contribution in [3.05, 3.63) is 45.7 Å². The predicted octanol–water partition coefficient (Wildman–Crippen LogP) is 2.92. The number of benzene rings is 1. The number of oxime groups is 1. The molecule has 0 aliphatic heterocycles. The Morgan fingerprint density at radius 3 is 2.90 bits per heavy atom. The Morgan fingerprint density at radius 1 is 1.33 bits per heavy atom. The van der Waals surface area contributed by atoms with Gasteiger partial charge in [0.2, 0.25) is 5.88 Å². The maximum absolute atomic E-state index is 6.07. The fourth-order valence-electron chi connectivity index (χ4n) is 1.53. The summed E-state index contributed by atoms with van der Waals surface area (Å²) in [6.07, 6.45) is 2.68. The number of halogens is 2. The summed E-state index contributed by atoms with van der Waals surface area (Å²) in [4.78, 5) is 12.5. The number of hydrogen-bond acceptors (Lipinski definition) is 6. The molecule has 0 spiro atoms. The first kappa shape index (κ1) is 15.3. The molecule has 2 N–H and O–H groups in total. The quantitative estimate of drug-likeness (QED) is 0.674. The molecule has 0 atom stereocenters. The fraction of sp³-hybridized carbons (Fsp3) is 0.154. The van der Waals surface area contributed by atoms with Crippen molar-refractivity contribution < 1.29 is 9.57 Å². The topological polar surface area (TPSA) is 82.6 Å². The van der Waals surface area contributed by atoms with Gasteiger partial charge in [-0.15, -0.1) is 0 Å². The highest BCUT2D eigenvalue weighted by atomic mass is 35.5. The summed E-state index contributed by atoms with van der Waals surface area (Å²) >= 11 is 12.0. The Hall–Kier alpha value is -2.05. The Balaban J connectivity index is 2.22. The van der Waals surface area contributed by atoms with Gasteiger partial charge in [0.05, 0.1) is 6.21 Å². The molecule has 110 valence electrons. The van der Waals surface area contributed by atoms with E-state index in [4.69, 9.17) is 33.7 Å². The molecule has 2 rings (SSSR count). The molecule has 8 heteroatoms. The zero-order valence-corrected chi connectivity index (χ0v) is 12.6. The third-order valence-corrected chi connectivity index (χ3v) is 3.14. The van der Waals surface area contributed by atoms with Gasteiger partial charge in [0.25, 0.3) is 0 Å². The number of anilines is 1. The summed E-state index contributed by atoms with van der Waals surface area (Å²) in [7, 11) is 1.42. The van der Waals surface area contributed by atoms with E-state index < -0.39 is 0 Å². The standard InChI is InChI=1S/C13H12Cl2N4O2/c1-20-19-5-10-12(16)17-7-18-13(10)21-6-8-4-9(14)2-3-11(8)15/h2-5,7H,6H2,1H3,(H2,16,17,18). The van der Waals surface area contributed by atoms with E-state index in [1.54, 1.807) is 18.2 Å². The van der Waals surface area contributed by atoms with Gasteiger partial charge in [-0.05, 0) is 18.2 Å². The second kappa shape index (κ2) is 7.10. The number of hydrogen-bond donors (Lipinski definition) is 1. The molecular weight excluding hydrogens is 315 g/mol. The van der Waals surface area contributed by atoms with Gasteiger partial charge in [0, 0.05) is 15.6 Å². The molecule has 21 heavy (non-hydrogen) atoms. The van der Waals surface area contributed by atoms with Gasteiger partial charge in [0.15, 0.2) is 0 Å². The lowest BCUT2D eigenvalue weighted by Gasteiger charge is -2.10. The van der Waals surface area contributed by atoms with Gasteiger partial charge in [-0.1, -0.05) is 28.4 Å². The number of aromatic nitrogens is 2. The maximum Gasteiger partial charge on any atom is 0.228 e. The Labute approximate surface area is 131 Å². The van der Waals surface area contributed by atoms with E-state index in [0.717, 1.165) is 5.56 Å². The van der Waals surface area contributed by atoms with Crippen molar-refractivity contribution in [2.24, 2.45) is 5.16 Å². The molecule has 0 aliphatic rings. The van der Waals surface area contributed by atoms with Crippen LogP contribution in [0.3, 0.4) is 0 Å². The van der Waals surface area contributed by atoms with Gasteiger partial charge in [-0.25, -0.2) is 9.97 Å². The molecule has 1 aromatic carbocycles. The molecule has 0 saturated heterocycles. The van der Waals surface area contributed by atoms with Crippen LogP contribution < -0.4 is 10.5 Å². The van der Waals surface area contributed by atoms with Crippen LogP contribution in [-0.2, 0) is 11.4 Å². The summed E-state index contributed by atoms with van der Waals surface area (Å²) in [6.45, 7) is 0.184. The molecule has 0 unspecified atom stereocenters. The molecule has 0 amide bonds. The van der Waals surface area contributed by atoms with E-state index in [1.165, 1.54) is 19.7 Å². The third kappa shape index (κ3) is 3.96. The lowest BCUT2D eigenvalue weighted by atomic mass is 10.2. The molecule has 0 bridgehead atoms. The summed E-state index contributed by atoms with van der Waals surface area (Å²) in [6, 6.07) is 5.12. The van der Waals surface area contributed by atoms with Crippen molar-refractivity contribution in [3.63, 3.8) is 0 Å². The smallest absolute Gasteiger partial charge is 0.228 e. The third-order valence-electron chi connectivity index (χ3n) is 2.54. The Morgan fingerprint density at radius 2 is 2.14 bits per heavy atom. The number of nitrogen functional groups attached to an aromatic ring is 1. The molecule has 0 fully saturated rings. The molecule has 1 heterocycles. The van der Waals surface area contributed by atoms with Crippen LogP contribution in [0, 0.1) is 0 Å². The van der Waals surface area contributed by atoms with E-state index in [9.17, 15) is 0 Å².